The van der Waals surface area contributed by atoms with E-state index in [4.69, 9.17) is 4.74 Å². The maximum absolute atomic E-state index is 13.1. The van der Waals surface area contributed by atoms with Crippen molar-refractivity contribution in [1.29, 1.82) is 0 Å². The van der Waals surface area contributed by atoms with Gasteiger partial charge < -0.3 is 19.9 Å². The SMILES string of the molecule is COC(=O)C[C@@H](NC(=O)N1CCc2c(nc(-c3ccccc3)[nH]c2=O)C1)c1ccccc1. The maximum atomic E-state index is 13.1. The van der Waals surface area contributed by atoms with Crippen LogP contribution in [0.25, 0.3) is 11.4 Å². The van der Waals surface area contributed by atoms with Gasteiger partial charge in [0.2, 0.25) is 0 Å². The van der Waals surface area contributed by atoms with Crippen molar-refractivity contribution in [3.05, 3.63) is 87.8 Å². The molecule has 8 nitrogen and oxygen atoms in total. The van der Waals surface area contributed by atoms with Crippen molar-refractivity contribution in [2.45, 2.75) is 25.4 Å². The van der Waals surface area contributed by atoms with Crippen LogP contribution in [0.15, 0.2) is 65.5 Å². The number of carbonyl (C=O) groups excluding carboxylic acids is 2. The Labute approximate surface area is 185 Å². The molecule has 164 valence electrons. The molecule has 8 heteroatoms. The molecule has 0 radical (unpaired) electrons. The number of fused-ring (bicyclic) bond motifs is 1. The van der Waals surface area contributed by atoms with Gasteiger partial charge in [-0.3, -0.25) is 9.59 Å². The number of benzene rings is 2. The third kappa shape index (κ3) is 4.69. The number of aromatic nitrogens is 2. The average molecular weight is 432 g/mol. The molecule has 0 bridgehead atoms. The molecule has 1 aliphatic rings. The van der Waals surface area contributed by atoms with E-state index in [0.29, 0.717) is 30.0 Å². The molecule has 2 heterocycles. The number of rotatable bonds is 5. The summed E-state index contributed by atoms with van der Waals surface area (Å²) in [5.74, 6) is 0.0632. The standard InChI is InChI=1S/C24H24N4O4/c1-32-21(29)14-19(16-8-4-2-5-9-16)26-24(31)28-13-12-18-20(15-28)25-22(27-23(18)30)17-10-6-3-7-11-17/h2-11,19H,12-15H2,1H3,(H,26,31)(H,25,27,30)/t19-/m1/s1. The first-order valence-corrected chi connectivity index (χ1v) is 10.4. The summed E-state index contributed by atoms with van der Waals surface area (Å²) in [6.45, 7) is 0.596. The predicted molar refractivity (Wildman–Crippen MR) is 119 cm³/mol. The Kier molecular flexibility index (Phi) is 6.30. The molecule has 32 heavy (non-hydrogen) atoms. The Hall–Kier alpha value is -3.94. The number of urea groups is 1. The smallest absolute Gasteiger partial charge is 0.318 e. The van der Waals surface area contributed by atoms with Crippen LogP contribution in [0.4, 0.5) is 4.79 Å². The van der Waals surface area contributed by atoms with Crippen LogP contribution in [-0.2, 0) is 22.5 Å². The van der Waals surface area contributed by atoms with Crippen molar-refractivity contribution in [2.75, 3.05) is 13.7 Å². The van der Waals surface area contributed by atoms with Gasteiger partial charge in [-0.05, 0) is 12.0 Å². The summed E-state index contributed by atoms with van der Waals surface area (Å²) in [6, 6.07) is 17.8. The van der Waals surface area contributed by atoms with Gasteiger partial charge in [-0.15, -0.1) is 0 Å². The first-order valence-electron chi connectivity index (χ1n) is 10.4. The second-order valence-electron chi connectivity index (χ2n) is 7.57. The number of H-pyrrole nitrogens is 1. The van der Waals surface area contributed by atoms with Gasteiger partial charge in [-0.25, -0.2) is 9.78 Å². The summed E-state index contributed by atoms with van der Waals surface area (Å²) in [5, 5.41) is 2.93. The van der Waals surface area contributed by atoms with E-state index in [1.807, 2.05) is 60.7 Å². The first-order chi connectivity index (χ1) is 15.5. The minimum Gasteiger partial charge on any atom is -0.469 e. The summed E-state index contributed by atoms with van der Waals surface area (Å²) in [4.78, 5) is 46.6. The summed E-state index contributed by atoms with van der Waals surface area (Å²) in [5.41, 5.74) is 2.61. The van der Waals surface area contributed by atoms with E-state index in [-0.39, 0.29) is 24.6 Å². The van der Waals surface area contributed by atoms with Crippen LogP contribution in [0, 0.1) is 0 Å². The molecule has 1 aromatic heterocycles. The van der Waals surface area contributed by atoms with E-state index in [9.17, 15) is 14.4 Å². The van der Waals surface area contributed by atoms with Crippen LogP contribution in [0.3, 0.4) is 0 Å². The summed E-state index contributed by atoms with van der Waals surface area (Å²) in [7, 11) is 1.32. The van der Waals surface area contributed by atoms with Gasteiger partial charge in [-0.1, -0.05) is 60.7 Å². The second kappa shape index (κ2) is 9.47. The normalized spacial score (nSPS) is 13.7. The minimum atomic E-state index is -0.524. The number of ether oxygens (including phenoxy) is 1. The lowest BCUT2D eigenvalue weighted by Crippen LogP contribution is -2.45. The van der Waals surface area contributed by atoms with Crippen molar-refractivity contribution in [2.24, 2.45) is 0 Å². The van der Waals surface area contributed by atoms with E-state index in [1.165, 1.54) is 7.11 Å². The van der Waals surface area contributed by atoms with E-state index in [1.54, 1.807) is 4.90 Å². The van der Waals surface area contributed by atoms with Gasteiger partial charge in [0.25, 0.3) is 5.56 Å². The summed E-state index contributed by atoms with van der Waals surface area (Å²) in [6.07, 6.45) is 0.430. The number of nitrogens with one attached hydrogen (secondary N) is 2. The number of methoxy groups -OCH3 is 1. The fraction of sp³-hybridized carbons (Fsp3) is 0.250. The second-order valence-corrected chi connectivity index (χ2v) is 7.57. The van der Waals surface area contributed by atoms with Crippen molar-refractivity contribution in [3.63, 3.8) is 0 Å². The lowest BCUT2D eigenvalue weighted by molar-refractivity contribution is -0.141. The molecule has 4 rings (SSSR count). The Bertz CT molecular complexity index is 1160. The predicted octanol–water partition coefficient (Wildman–Crippen LogP) is 2.81. The molecular weight excluding hydrogens is 408 g/mol. The number of esters is 1. The van der Waals surface area contributed by atoms with E-state index < -0.39 is 12.0 Å². The Morgan fingerprint density at radius 2 is 1.81 bits per heavy atom. The molecule has 0 saturated carbocycles. The molecule has 3 aromatic rings. The van der Waals surface area contributed by atoms with Crippen LogP contribution in [0.5, 0.6) is 0 Å². The lowest BCUT2D eigenvalue weighted by atomic mass is 10.0. The summed E-state index contributed by atoms with van der Waals surface area (Å²) >= 11 is 0. The highest BCUT2D eigenvalue weighted by atomic mass is 16.5. The molecule has 0 unspecified atom stereocenters. The number of hydrogen-bond donors (Lipinski definition) is 2. The summed E-state index contributed by atoms with van der Waals surface area (Å²) < 4.78 is 4.79. The zero-order chi connectivity index (χ0) is 22.5. The molecular formula is C24H24N4O4. The fourth-order valence-electron chi connectivity index (χ4n) is 3.77. The number of amides is 2. The van der Waals surface area contributed by atoms with Crippen molar-refractivity contribution in [3.8, 4) is 11.4 Å². The monoisotopic (exact) mass is 432 g/mol. The van der Waals surface area contributed by atoms with Crippen LogP contribution >= 0.6 is 0 Å². The van der Waals surface area contributed by atoms with E-state index in [0.717, 1.165) is 11.1 Å². The number of aromatic amines is 1. The maximum Gasteiger partial charge on any atom is 0.318 e. The zero-order valence-electron chi connectivity index (χ0n) is 17.7. The number of hydrogen-bond acceptors (Lipinski definition) is 5. The highest BCUT2D eigenvalue weighted by Crippen LogP contribution is 2.21. The zero-order valence-corrected chi connectivity index (χ0v) is 17.7. The Morgan fingerprint density at radius 1 is 1.12 bits per heavy atom. The number of carbonyl (C=O) groups is 2. The van der Waals surface area contributed by atoms with Crippen LogP contribution in [-0.4, -0.2) is 40.5 Å². The third-order valence-electron chi connectivity index (χ3n) is 5.51. The van der Waals surface area contributed by atoms with Crippen LogP contribution in [0.2, 0.25) is 0 Å². The molecule has 1 aliphatic heterocycles. The van der Waals surface area contributed by atoms with Crippen molar-refractivity contribution < 1.29 is 14.3 Å². The molecule has 2 amide bonds. The van der Waals surface area contributed by atoms with Gasteiger partial charge >= 0.3 is 12.0 Å². The average Bonchev–Trinajstić information content (AvgIpc) is 2.84. The molecule has 0 fully saturated rings. The Balaban J connectivity index is 1.54. The van der Waals surface area contributed by atoms with Gasteiger partial charge in [-0.2, -0.15) is 0 Å². The van der Waals surface area contributed by atoms with E-state index in [2.05, 4.69) is 15.3 Å². The number of nitrogens with zero attached hydrogens (tertiary/aromatic N) is 2. The molecule has 2 aromatic carbocycles. The van der Waals surface area contributed by atoms with Gasteiger partial charge in [0.05, 0.1) is 31.8 Å². The molecule has 0 spiro atoms. The topological polar surface area (TPSA) is 104 Å². The minimum absolute atomic E-state index is 0.0206. The Morgan fingerprint density at radius 3 is 2.50 bits per heavy atom. The quantitative estimate of drug-likeness (QED) is 0.604. The third-order valence-corrected chi connectivity index (χ3v) is 5.51. The highest BCUT2D eigenvalue weighted by Gasteiger charge is 2.27. The van der Waals surface area contributed by atoms with Gasteiger partial charge in [0.1, 0.15) is 5.82 Å². The first kappa shape index (κ1) is 21.3. The van der Waals surface area contributed by atoms with Crippen molar-refractivity contribution >= 4 is 12.0 Å². The van der Waals surface area contributed by atoms with Crippen LogP contribution in [0.1, 0.15) is 29.3 Å². The van der Waals surface area contributed by atoms with Gasteiger partial charge in [0, 0.05) is 17.7 Å². The molecule has 2 N–H and O–H groups in total. The van der Waals surface area contributed by atoms with Crippen molar-refractivity contribution in [1.82, 2.24) is 20.2 Å². The molecule has 0 saturated heterocycles. The van der Waals surface area contributed by atoms with Crippen LogP contribution < -0.4 is 10.9 Å². The fourth-order valence-corrected chi connectivity index (χ4v) is 3.77. The lowest BCUT2D eigenvalue weighted by Gasteiger charge is -2.30. The van der Waals surface area contributed by atoms with Gasteiger partial charge in [0.15, 0.2) is 0 Å². The molecule has 0 aliphatic carbocycles. The van der Waals surface area contributed by atoms with E-state index >= 15 is 0 Å². The highest BCUT2D eigenvalue weighted by molar-refractivity contribution is 5.77. The molecule has 1 atom stereocenters. The largest absolute Gasteiger partial charge is 0.469 e.